The van der Waals surface area contributed by atoms with Gasteiger partial charge in [-0.05, 0) is 31.5 Å². The number of esters is 2. The van der Waals surface area contributed by atoms with Crippen LogP contribution in [0.5, 0.6) is 0 Å². The average Bonchev–Trinajstić information content (AvgIpc) is 2.82. The fourth-order valence-electron chi connectivity index (χ4n) is 3.72. The van der Waals surface area contributed by atoms with E-state index in [2.05, 4.69) is 0 Å². The average molecular weight is 505 g/mol. The molecule has 3 rings (SSSR count). The number of non-ortho nitro benzene ring substituents is 1. The van der Waals surface area contributed by atoms with Crippen LogP contribution < -0.4 is 0 Å². The van der Waals surface area contributed by atoms with Gasteiger partial charge in [0.05, 0.1) is 40.7 Å². The Morgan fingerprint density at radius 1 is 1.14 bits per heavy atom. The molecular weight excluding hydrogens is 482 g/mol. The number of allylic oxidation sites excluding steroid dienone is 1. The standard InChI is InChI=1S/C24H22F2N2O6S/c1-5-34-24(30)21-20(14-7-6-8-16(11-14)28(31)32)19(23(29)33-4)13(2)27(3)22(21)35-18-10-9-15(25)12-17(18)26/h6-12,20H,5H2,1-4H3. The Morgan fingerprint density at radius 2 is 1.86 bits per heavy atom. The number of nitro groups is 1. The highest BCUT2D eigenvalue weighted by atomic mass is 32.2. The Hall–Kier alpha value is -3.73. The Labute approximate surface area is 204 Å². The number of nitro benzene ring substituents is 1. The SMILES string of the molecule is CCOC(=O)C1=C(Sc2ccc(F)cc2F)N(C)C(C)=C(C(=O)OC)C1c1cccc([N+](=O)[O-])c1. The molecule has 2 aromatic rings. The summed E-state index contributed by atoms with van der Waals surface area (Å²) in [6, 6.07) is 8.55. The third kappa shape index (κ3) is 5.19. The highest BCUT2D eigenvalue weighted by Gasteiger charge is 2.41. The van der Waals surface area contributed by atoms with E-state index >= 15 is 0 Å². The van der Waals surface area contributed by atoms with Gasteiger partial charge in [0.25, 0.3) is 5.69 Å². The van der Waals surface area contributed by atoms with E-state index in [1.807, 2.05) is 0 Å². The van der Waals surface area contributed by atoms with Crippen LogP contribution in [0, 0.1) is 21.7 Å². The van der Waals surface area contributed by atoms with E-state index in [9.17, 15) is 28.5 Å². The first kappa shape index (κ1) is 25.9. The van der Waals surface area contributed by atoms with Gasteiger partial charge in [-0.2, -0.15) is 0 Å². The van der Waals surface area contributed by atoms with Gasteiger partial charge in [-0.25, -0.2) is 18.4 Å². The van der Waals surface area contributed by atoms with Gasteiger partial charge in [0.2, 0.25) is 0 Å². The van der Waals surface area contributed by atoms with Crippen LogP contribution in [0.1, 0.15) is 25.3 Å². The third-order valence-corrected chi connectivity index (χ3v) is 6.66. The number of benzene rings is 2. The summed E-state index contributed by atoms with van der Waals surface area (Å²) >= 11 is 0.847. The Morgan fingerprint density at radius 3 is 2.46 bits per heavy atom. The molecule has 0 N–H and O–H groups in total. The number of ether oxygens (including phenoxy) is 2. The highest BCUT2D eigenvalue weighted by molar-refractivity contribution is 8.03. The maximum atomic E-state index is 14.5. The first-order chi connectivity index (χ1) is 16.6. The molecule has 1 atom stereocenters. The molecule has 184 valence electrons. The van der Waals surface area contributed by atoms with Gasteiger partial charge in [-0.1, -0.05) is 23.9 Å². The summed E-state index contributed by atoms with van der Waals surface area (Å²) in [6.07, 6.45) is 0. The van der Waals surface area contributed by atoms with Gasteiger partial charge in [0, 0.05) is 35.8 Å². The van der Waals surface area contributed by atoms with Crippen LogP contribution in [-0.2, 0) is 19.1 Å². The summed E-state index contributed by atoms with van der Waals surface area (Å²) in [5.74, 6) is -4.25. The minimum atomic E-state index is -1.11. The second kappa shape index (κ2) is 10.7. The lowest BCUT2D eigenvalue weighted by Crippen LogP contribution is -2.33. The van der Waals surface area contributed by atoms with E-state index in [1.165, 1.54) is 36.3 Å². The molecule has 8 nitrogen and oxygen atoms in total. The number of nitrogens with zero attached hydrogens (tertiary/aromatic N) is 2. The number of carbonyl (C=O) groups excluding carboxylic acids is 2. The predicted molar refractivity (Wildman–Crippen MR) is 124 cm³/mol. The molecule has 0 amide bonds. The van der Waals surface area contributed by atoms with Crippen molar-refractivity contribution in [3.8, 4) is 0 Å². The molecule has 1 aliphatic heterocycles. The molecule has 0 radical (unpaired) electrons. The van der Waals surface area contributed by atoms with Gasteiger partial charge in [-0.15, -0.1) is 0 Å². The van der Waals surface area contributed by atoms with Crippen LogP contribution in [0.25, 0.3) is 0 Å². The molecule has 0 aliphatic carbocycles. The molecule has 0 saturated carbocycles. The number of methoxy groups -OCH3 is 1. The number of thioether (sulfide) groups is 1. The maximum absolute atomic E-state index is 14.5. The first-order valence-electron chi connectivity index (χ1n) is 10.4. The summed E-state index contributed by atoms with van der Waals surface area (Å²) in [5.41, 5.74) is 0.446. The third-order valence-electron chi connectivity index (χ3n) is 5.42. The monoisotopic (exact) mass is 504 g/mol. The van der Waals surface area contributed by atoms with Crippen LogP contribution in [0.3, 0.4) is 0 Å². The highest BCUT2D eigenvalue weighted by Crippen LogP contribution is 2.47. The Balaban J connectivity index is 2.33. The molecular formula is C24H22F2N2O6S. The van der Waals surface area contributed by atoms with Crippen LogP contribution in [0.4, 0.5) is 14.5 Å². The van der Waals surface area contributed by atoms with Crippen molar-refractivity contribution in [3.05, 3.63) is 91.6 Å². The van der Waals surface area contributed by atoms with Crippen LogP contribution in [0.2, 0.25) is 0 Å². The Kier molecular flexibility index (Phi) is 7.90. The summed E-state index contributed by atoms with van der Waals surface area (Å²) < 4.78 is 38.3. The van der Waals surface area contributed by atoms with E-state index < -0.39 is 34.4 Å². The maximum Gasteiger partial charge on any atom is 0.337 e. The zero-order valence-corrected chi connectivity index (χ0v) is 20.2. The molecule has 1 heterocycles. The van der Waals surface area contributed by atoms with Crippen molar-refractivity contribution in [2.75, 3.05) is 20.8 Å². The summed E-state index contributed by atoms with van der Waals surface area (Å²) in [5, 5.41) is 11.6. The molecule has 0 bridgehead atoms. The lowest BCUT2D eigenvalue weighted by molar-refractivity contribution is -0.384. The van der Waals surface area contributed by atoms with Crippen molar-refractivity contribution in [3.63, 3.8) is 0 Å². The van der Waals surface area contributed by atoms with Crippen LogP contribution in [0.15, 0.2) is 69.2 Å². The quantitative estimate of drug-likeness (QED) is 0.298. The van der Waals surface area contributed by atoms with Crippen molar-refractivity contribution in [2.45, 2.75) is 24.7 Å². The van der Waals surface area contributed by atoms with Crippen molar-refractivity contribution >= 4 is 29.4 Å². The lowest BCUT2D eigenvalue weighted by Gasteiger charge is -2.36. The Bertz CT molecular complexity index is 1260. The van der Waals surface area contributed by atoms with Crippen molar-refractivity contribution in [1.29, 1.82) is 0 Å². The van der Waals surface area contributed by atoms with Gasteiger partial charge < -0.3 is 14.4 Å². The second-order valence-corrected chi connectivity index (χ2v) is 8.48. The molecule has 11 heteroatoms. The predicted octanol–water partition coefficient (Wildman–Crippen LogP) is 4.92. The molecule has 0 spiro atoms. The molecule has 0 fully saturated rings. The number of hydrogen-bond donors (Lipinski definition) is 0. The largest absolute Gasteiger partial charge is 0.466 e. The number of halogens is 2. The number of hydrogen-bond acceptors (Lipinski definition) is 8. The van der Waals surface area contributed by atoms with Crippen molar-refractivity contribution < 1.29 is 32.8 Å². The summed E-state index contributed by atoms with van der Waals surface area (Å²) in [4.78, 5) is 38.5. The minimum absolute atomic E-state index is 0.00676. The summed E-state index contributed by atoms with van der Waals surface area (Å²) in [6.45, 7) is 3.22. The van der Waals surface area contributed by atoms with Gasteiger partial charge in [0.1, 0.15) is 11.6 Å². The van der Waals surface area contributed by atoms with Crippen molar-refractivity contribution in [2.24, 2.45) is 0 Å². The zero-order valence-electron chi connectivity index (χ0n) is 19.3. The van der Waals surface area contributed by atoms with E-state index in [0.29, 0.717) is 5.70 Å². The molecule has 35 heavy (non-hydrogen) atoms. The van der Waals surface area contributed by atoms with E-state index in [1.54, 1.807) is 27.0 Å². The first-order valence-corrected chi connectivity index (χ1v) is 11.2. The molecule has 1 aliphatic rings. The molecule has 2 aromatic carbocycles. The van der Waals surface area contributed by atoms with E-state index in [-0.39, 0.29) is 38.9 Å². The van der Waals surface area contributed by atoms with Crippen LogP contribution in [-0.4, -0.2) is 42.5 Å². The normalized spacial score (nSPS) is 15.8. The van der Waals surface area contributed by atoms with Gasteiger partial charge in [0.15, 0.2) is 0 Å². The van der Waals surface area contributed by atoms with Gasteiger partial charge in [-0.3, -0.25) is 10.1 Å². The van der Waals surface area contributed by atoms with Crippen molar-refractivity contribution in [1.82, 2.24) is 4.90 Å². The molecule has 0 aromatic heterocycles. The fraction of sp³-hybridized carbons (Fsp3) is 0.250. The topological polar surface area (TPSA) is 99.0 Å². The number of rotatable bonds is 7. The number of carbonyl (C=O) groups is 2. The van der Waals surface area contributed by atoms with Gasteiger partial charge >= 0.3 is 11.9 Å². The van der Waals surface area contributed by atoms with Crippen LogP contribution >= 0.6 is 11.8 Å². The fourth-order valence-corrected chi connectivity index (χ4v) is 4.80. The second-order valence-electron chi connectivity index (χ2n) is 7.45. The minimum Gasteiger partial charge on any atom is -0.466 e. The smallest absolute Gasteiger partial charge is 0.337 e. The molecule has 0 saturated heterocycles. The lowest BCUT2D eigenvalue weighted by atomic mass is 9.81. The molecule has 1 unspecified atom stereocenters. The summed E-state index contributed by atoms with van der Waals surface area (Å²) in [7, 11) is 2.75. The van der Waals surface area contributed by atoms with E-state index in [0.717, 1.165) is 23.9 Å². The van der Waals surface area contributed by atoms with E-state index in [4.69, 9.17) is 9.47 Å². The zero-order chi connectivity index (χ0) is 25.9.